The molecule has 130 valence electrons. The lowest BCUT2D eigenvalue weighted by atomic mass is 9.94. The van der Waals surface area contributed by atoms with Crippen molar-refractivity contribution in [1.82, 2.24) is 19.9 Å². The Kier molecular flexibility index (Phi) is 5.33. The van der Waals surface area contributed by atoms with Gasteiger partial charge in [0.2, 0.25) is 0 Å². The third-order valence-corrected chi connectivity index (χ3v) is 4.22. The van der Waals surface area contributed by atoms with E-state index in [-0.39, 0.29) is 22.4 Å². The van der Waals surface area contributed by atoms with E-state index in [9.17, 15) is 14.7 Å². The number of thioether (sulfide) groups is 1. The van der Waals surface area contributed by atoms with Crippen LogP contribution in [0.25, 0.3) is 5.65 Å². The number of aromatic hydroxyl groups is 1. The zero-order chi connectivity index (χ0) is 17.9. The zero-order valence-corrected chi connectivity index (χ0v) is 14.6. The van der Waals surface area contributed by atoms with Crippen LogP contribution in [0.3, 0.4) is 0 Å². The van der Waals surface area contributed by atoms with Gasteiger partial charge in [0.15, 0.2) is 5.65 Å². The van der Waals surface area contributed by atoms with Crippen molar-refractivity contribution < 1.29 is 19.8 Å². The van der Waals surface area contributed by atoms with E-state index >= 15 is 0 Å². The summed E-state index contributed by atoms with van der Waals surface area (Å²) in [6.45, 7) is 5.89. The molecule has 0 aliphatic carbocycles. The number of hydrogen-bond acceptors (Lipinski definition) is 6. The second-order valence-corrected chi connectivity index (χ2v) is 7.59. The van der Waals surface area contributed by atoms with Crippen LogP contribution in [0.5, 0.6) is 5.75 Å². The van der Waals surface area contributed by atoms with Gasteiger partial charge in [-0.15, -0.1) is 11.8 Å². The van der Waals surface area contributed by atoms with Crippen molar-refractivity contribution in [3.05, 3.63) is 18.0 Å². The van der Waals surface area contributed by atoms with Gasteiger partial charge < -0.3 is 15.5 Å². The van der Waals surface area contributed by atoms with E-state index in [2.05, 4.69) is 36.2 Å². The fourth-order valence-electron chi connectivity index (χ4n) is 1.96. The van der Waals surface area contributed by atoms with Gasteiger partial charge in [-0.25, -0.2) is 9.50 Å². The maximum Gasteiger partial charge on any atom is 0.322 e. The van der Waals surface area contributed by atoms with Crippen molar-refractivity contribution in [2.45, 2.75) is 32.2 Å². The Labute approximate surface area is 143 Å². The first kappa shape index (κ1) is 18.1. The molecule has 2 aromatic rings. The van der Waals surface area contributed by atoms with E-state index in [0.29, 0.717) is 5.03 Å². The van der Waals surface area contributed by atoms with E-state index in [1.165, 1.54) is 28.7 Å². The summed E-state index contributed by atoms with van der Waals surface area (Å²) in [5, 5.41) is 25.8. The van der Waals surface area contributed by atoms with E-state index in [0.717, 1.165) is 12.2 Å². The minimum Gasteiger partial charge on any atom is -0.507 e. The molecule has 1 amide bonds. The van der Waals surface area contributed by atoms with Crippen LogP contribution in [-0.2, 0) is 4.79 Å². The van der Waals surface area contributed by atoms with Crippen LogP contribution in [0.15, 0.2) is 17.4 Å². The molecule has 2 rings (SSSR count). The van der Waals surface area contributed by atoms with Crippen LogP contribution >= 0.6 is 11.8 Å². The first-order valence-electron chi connectivity index (χ1n) is 7.37. The second kappa shape index (κ2) is 7.08. The largest absolute Gasteiger partial charge is 0.507 e. The number of aromatic nitrogens is 3. The van der Waals surface area contributed by atoms with Gasteiger partial charge in [-0.2, -0.15) is 5.10 Å². The van der Waals surface area contributed by atoms with Crippen LogP contribution < -0.4 is 5.32 Å². The van der Waals surface area contributed by atoms with Gasteiger partial charge in [-0.3, -0.25) is 9.59 Å². The molecular formula is C15H20N4O4S. The van der Waals surface area contributed by atoms with Crippen LogP contribution in [0.2, 0.25) is 0 Å². The molecule has 0 saturated carbocycles. The number of aliphatic carboxylic acids is 1. The number of nitrogens with one attached hydrogen (secondary N) is 1. The first-order valence-corrected chi connectivity index (χ1v) is 8.36. The lowest BCUT2D eigenvalue weighted by Gasteiger charge is -2.17. The summed E-state index contributed by atoms with van der Waals surface area (Å²) in [5.74, 6) is -1.31. The van der Waals surface area contributed by atoms with E-state index in [1.54, 1.807) is 0 Å². The van der Waals surface area contributed by atoms with Crippen LogP contribution in [-0.4, -0.2) is 49.0 Å². The summed E-state index contributed by atoms with van der Waals surface area (Å²) in [6, 6.07) is 1.45. The van der Waals surface area contributed by atoms with Crippen LogP contribution in [0, 0.1) is 5.41 Å². The van der Waals surface area contributed by atoms with Crippen LogP contribution in [0.4, 0.5) is 0 Å². The molecular weight excluding hydrogens is 332 g/mol. The molecule has 2 heterocycles. The Morgan fingerprint density at radius 2 is 2.08 bits per heavy atom. The summed E-state index contributed by atoms with van der Waals surface area (Å²) in [7, 11) is 0. The maximum absolute atomic E-state index is 12.1. The highest BCUT2D eigenvalue weighted by molar-refractivity contribution is 7.99. The molecule has 0 aliphatic rings. The molecule has 2 aromatic heterocycles. The molecule has 0 aromatic carbocycles. The van der Waals surface area contributed by atoms with Gasteiger partial charge in [0, 0.05) is 6.07 Å². The summed E-state index contributed by atoms with van der Waals surface area (Å²) in [4.78, 5) is 26.7. The molecule has 9 heteroatoms. The van der Waals surface area contributed by atoms with Crippen molar-refractivity contribution in [3.63, 3.8) is 0 Å². The molecule has 0 atom stereocenters. The highest BCUT2D eigenvalue weighted by Crippen LogP contribution is 2.31. The Balaban J connectivity index is 2.28. The number of fused-ring (bicyclic) bond motifs is 1. The Bertz CT molecular complexity index is 767. The number of carbonyl (C=O) groups excluding carboxylic acids is 1. The number of carboxylic acids is 1. The zero-order valence-electron chi connectivity index (χ0n) is 13.7. The Morgan fingerprint density at radius 3 is 2.71 bits per heavy atom. The second-order valence-electron chi connectivity index (χ2n) is 6.47. The lowest BCUT2D eigenvalue weighted by Crippen LogP contribution is -2.29. The highest BCUT2D eigenvalue weighted by atomic mass is 32.2. The van der Waals surface area contributed by atoms with Crippen molar-refractivity contribution in [3.8, 4) is 5.75 Å². The van der Waals surface area contributed by atoms with Crippen molar-refractivity contribution in [2.24, 2.45) is 5.41 Å². The van der Waals surface area contributed by atoms with Gasteiger partial charge in [0.05, 0.1) is 0 Å². The fourth-order valence-corrected chi connectivity index (χ4v) is 3.34. The van der Waals surface area contributed by atoms with Gasteiger partial charge in [0.1, 0.15) is 29.2 Å². The molecule has 0 saturated heterocycles. The number of pyridine rings is 1. The molecule has 0 bridgehead atoms. The molecule has 0 fully saturated rings. The molecule has 0 unspecified atom stereocenters. The number of hydrogen-bond donors (Lipinski definition) is 3. The molecule has 0 radical (unpaired) electrons. The van der Waals surface area contributed by atoms with Gasteiger partial charge in [-0.1, -0.05) is 20.8 Å². The molecule has 0 aliphatic heterocycles. The smallest absolute Gasteiger partial charge is 0.322 e. The summed E-state index contributed by atoms with van der Waals surface area (Å²) in [5.41, 5.74) is 0.290. The number of carbonyl (C=O) groups is 2. The minimum atomic E-state index is -1.17. The molecule has 24 heavy (non-hydrogen) atoms. The quantitative estimate of drug-likeness (QED) is 0.678. The lowest BCUT2D eigenvalue weighted by molar-refractivity contribution is -0.135. The Hall–Kier alpha value is -2.29. The van der Waals surface area contributed by atoms with Crippen molar-refractivity contribution in [1.29, 1.82) is 0 Å². The predicted octanol–water partition coefficient (Wildman–Crippen LogP) is 1.78. The summed E-state index contributed by atoms with van der Waals surface area (Å²) in [6.07, 6.45) is 2.26. The standard InChI is InChI=1S/C15H20N4O4S/c1-15(2,3)4-5-24-10-6-9(20)12(13-17-8-18-19(10)13)14(23)16-7-11(21)22/h6,8,20H,4-5,7H2,1-3H3,(H,16,23)(H,21,22). The molecule has 0 spiro atoms. The van der Waals surface area contributed by atoms with E-state index in [4.69, 9.17) is 5.11 Å². The third-order valence-electron chi connectivity index (χ3n) is 3.23. The highest BCUT2D eigenvalue weighted by Gasteiger charge is 2.21. The fraction of sp³-hybridized carbons (Fsp3) is 0.467. The van der Waals surface area contributed by atoms with Crippen molar-refractivity contribution in [2.75, 3.05) is 12.3 Å². The average molecular weight is 352 g/mol. The number of rotatable bonds is 6. The monoisotopic (exact) mass is 352 g/mol. The summed E-state index contributed by atoms with van der Waals surface area (Å²) >= 11 is 1.51. The summed E-state index contributed by atoms with van der Waals surface area (Å²) < 4.78 is 1.47. The van der Waals surface area contributed by atoms with Crippen LogP contribution in [0.1, 0.15) is 37.6 Å². The average Bonchev–Trinajstić information content (AvgIpc) is 2.92. The number of nitrogens with zero attached hydrogens (tertiary/aromatic N) is 3. The molecule has 3 N–H and O–H groups in total. The van der Waals surface area contributed by atoms with Gasteiger partial charge >= 0.3 is 5.97 Å². The van der Waals surface area contributed by atoms with E-state index in [1.807, 2.05) is 0 Å². The SMILES string of the molecule is CC(C)(C)CCSc1cc(O)c(C(=O)NCC(=O)O)c2ncnn12. The van der Waals surface area contributed by atoms with E-state index < -0.39 is 18.4 Å². The predicted molar refractivity (Wildman–Crippen MR) is 89.4 cm³/mol. The first-order chi connectivity index (χ1) is 11.2. The van der Waals surface area contributed by atoms with Crippen molar-refractivity contribution >= 4 is 29.3 Å². The topological polar surface area (TPSA) is 117 Å². The molecule has 8 nitrogen and oxygen atoms in total. The normalized spacial score (nSPS) is 11.6. The van der Waals surface area contributed by atoms with Gasteiger partial charge in [-0.05, 0) is 17.6 Å². The van der Waals surface area contributed by atoms with Gasteiger partial charge in [0.25, 0.3) is 5.91 Å². The maximum atomic E-state index is 12.1. The number of carboxylic acid groups (broad SMARTS) is 1. The minimum absolute atomic E-state index is 0.0890. The number of amides is 1. The third kappa shape index (κ3) is 4.38. The Morgan fingerprint density at radius 1 is 1.38 bits per heavy atom.